The Balaban J connectivity index is 2.17. The maximum Gasteiger partial charge on any atom is 0.274 e. The highest BCUT2D eigenvalue weighted by molar-refractivity contribution is 6.29. The first kappa shape index (κ1) is 9.40. The van der Waals surface area contributed by atoms with Gasteiger partial charge in [0.15, 0.2) is 0 Å². The highest BCUT2D eigenvalue weighted by Gasteiger charge is 2.30. The summed E-state index contributed by atoms with van der Waals surface area (Å²) in [5.41, 5.74) is 0.312. The minimum absolute atomic E-state index is 0.109. The smallest absolute Gasteiger partial charge is 0.274 e. The molecule has 1 fully saturated rings. The lowest BCUT2D eigenvalue weighted by Crippen LogP contribution is -2.29. The van der Waals surface area contributed by atoms with E-state index in [-0.39, 0.29) is 11.1 Å². The summed E-state index contributed by atoms with van der Waals surface area (Å²) in [4.78, 5) is 21.2. The third-order valence-electron chi connectivity index (χ3n) is 2.24. The fourth-order valence-corrected chi connectivity index (χ4v) is 1.40. The molecule has 0 aromatic carbocycles. The zero-order valence-corrected chi connectivity index (χ0v) is 8.53. The number of carbonyl (C=O) groups excluding carboxylic acids is 1. The Kier molecular flexibility index (Phi) is 2.37. The molecule has 14 heavy (non-hydrogen) atoms. The molecule has 0 aliphatic heterocycles. The molecule has 0 bridgehead atoms. The van der Waals surface area contributed by atoms with Crippen molar-refractivity contribution in [2.45, 2.75) is 18.9 Å². The Morgan fingerprint density at radius 3 is 2.86 bits per heavy atom. The topological polar surface area (TPSA) is 46.1 Å². The molecular formula is C9H10ClN3O. The third-order valence-corrected chi connectivity index (χ3v) is 2.42. The minimum atomic E-state index is -0.109. The lowest BCUT2D eigenvalue weighted by molar-refractivity contribution is 0.0779. The summed E-state index contributed by atoms with van der Waals surface area (Å²) in [6, 6.07) is 0.378. The zero-order valence-electron chi connectivity index (χ0n) is 7.77. The van der Waals surface area contributed by atoms with Crippen LogP contribution in [-0.2, 0) is 0 Å². The van der Waals surface area contributed by atoms with Crippen molar-refractivity contribution < 1.29 is 4.79 Å². The molecule has 1 saturated carbocycles. The molecule has 0 saturated heterocycles. The van der Waals surface area contributed by atoms with Crippen LogP contribution in [0.5, 0.6) is 0 Å². The van der Waals surface area contributed by atoms with Crippen LogP contribution >= 0.6 is 11.6 Å². The Morgan fingerprint density at radius 1 is 1.57 bits per heavy atom. The van der Waals surface area contributed by atoms with E-state index in [9.17, 15) is 4.79 Å². The van der Waals surface area contributed by atoms with Crippen molar-refractivity contribution in [3.05, 3.63) is 23.2 Å². The van der Waals surface area contributed by atoms with Crippen molar-refractivity contribution >= 4 is 17.5 Å². The van der Waals surface area contributed by atoms with Gasteiger partial charge in [0.25, 0.3) is 5.91 Å². The van der Waals surface area contributed by atoms with Crippen LogP contribution in [0.15, 0.2) is 12.4 Å². The van der Waals surface area contributed by atoms with E-state index in [1.807, 2.05) is 0 Å². The lowest BCUT2D eigenvalue weighted by atomic mass is 10.4. The molecule has 1 aromatic rings. The molecule has 1 amide bonds. The quantitative estimate of drug-likeness (QED) is 0.742. The van der Waals surface area contributed by atoms with Crippen LogP contribution in [0.25, 0.3) is 0 Å². The van der Waals surface area contributed by atoms with Gasteiger partial charge in [-0.05, 0) is 12.8 Å². The maximum absolute atomic E-state index is 11.7. The van der Waals surface area contributed by atoms with Crippen LogP contribution in [-0.4, -0.2) is 33.9 Å². The summed E-state index contributed by atoms with van der Waals surface area (Å²) in [5, 5.41) is 0.250. The van der Waals surface area contributed by atoms with E-state index in [4.69, 9.17) is 11.6 Å². The Bertz CT molecular complexity index is 365. The van der Waals surface area contributed by atoms with Gasteiger partial charge in [-0.15, -0.1) is 0 Å². The molecule has 0 radical (unpaired) electrons. The normalized spacial score (nSPS) is 15.3. The largest absolute Gasteiger partial charge is 0.337 e. The van der Waals surface area contributed by atoms with E-state index in [1.54, 1.807) is 11.9 Å². The van der Waals surface area contributed by atoms with Crippen LogP contribution in [0.2, 0.25) is 5.15 Å². The van der Waals surface area contributed by atoms with Gasteiger partial charge in [0, 0.05) is 13.1 Å². The van der Waals surface area contributed by atoms with Crippen LogP contribution in [0.3, 0.4) is 0 Å². The van der Waals surface area contributed by atoms with E-state index in [1.165, 1.54) is 12.4 Å². The second kappa shape index (κ2) is 3.53. The number of halogens is 1. The van der Waals surface area contributed by atoms with E-state index in [2.05, 4.69) is 9.97 Å². The highest BCUT2D eigenvalue weighted by atomic mass is 35.5. The van der Waals surface area contributed by atoms with Gasteiger partial charge < -0.3 is 4.90 Å². The molecule has 1 aliphatic rings. The molecule has 74 valence electrons. The Morgan fingerprint density at radius 2 is 2.29 bits per heavy atom. The minimum Gasteiger partial charge on any atom is -0.337 e. The Labute approximate surface area is 86.9 Å². The molecule has 4 nitrogen and oxygen atoms in total. The number of hydrogen-bond acceptors (Lipinski definition) is 3. The molecule has 1 aliphatic carbocycles. The second-order valence-corrected chi connectivity index (χ2v) is 3.76. The third kappa shape index (κ3) is 1.85. The zero-order chi connectivity index (χ0) is 10.1. The maximum atomic E-state index is 11.7. The van der Waals surface area contributed by atoms with Crippen molar-refractivity contribution in [2.75, 3.05) is 7.05 Å². The van der Waals surface area contributed by atoms with Gasteiger partial charge in [0.05, 0.1) is 12.4 Å². The standard InChI is InChI=1S/C9H10ClN3O/c1-13(6-2-3-6)9(14)7-4-11-5-8(10)12-7/h4-6H,2-3H2,1H3. The average Bonchev–Trinajstić information content (AvgIpc) is 2.99. The first-order valence-electron chi connectivity index (χ1n) is 4.43. The van der Waals surface area contributed by atoms with E-state index < -0.39 is 0 Å². The van der Waals surface area contributed by atoms with Crippen LogP contribution in [0, 0.1) is 0 Å². The molecule has 2 rings (SSSR count). The summed E-state index contributed by atoms with van der Waals surface area (Å²) in [6.07, 6.45) is 5.01. The fraction of sp³-hybridized carbons (Fsp3) is 0.444. The van der Waals surface area contributed by atoms with Crippen LogP contribution in [0.1, 0.15) is 23.3 Å². The molecular weight excluding hydrogens is 202 g/mol. The summed E-state index contributed by atoms with van der Waals surface area (Å²) < 4.78 is 0. The van der Waals surface area contributed by atoms with Gasteiger partial charge >= 0.3 is 0 Å². The summed E-state index contributed by atoms with van der Waals surface area (Å²) in [7, 11) is 1.78. The van der Waals surface area contributed by atoms with Gasteiger partial charge in [-0.1, -0.05) is 11.6 Å². The summed E-state index contributed by atoms with van der Waals surface area (Å²) in [6.45, 7) is 0. The van der Waals surface area contributed by atoms with Gasteiger partial charge in [0.2, 0.25) is 0 Å². The van der Waals surface area contributed by atoms with Crippen LogP contribution < -0.4 is 0 Å². The SMILES string of the molecule is CN(C(=O)c1cncc(Cl)n1)C1CC1. The van der Waals surface area contributed by atoms with Crippen molar-refractivity contribution in [3.63, 3.8) is 0 Å². The molecule has 5 heteroatoms. The first-order chi connectivity index (χ1) is 6.68. The number of hydrogen-bond donors (Lipinski definition) is 0. The van der Waals surface area contributed by atoms with Crippen LogP contribution in [0.4, 0.5) is 0 Å². The number of carbonyl (C=O) groups is 1. The average molecular weight is 212 g/mol. The van der Waals surface area contributed by atoms with E-state index >= 15 is 0 Å². The molecule has 0 spiro atoms. The lowest BCUT2D eigenvalue weighted by Gasteiger charge is -2.14. The van der Waals surface area contributed by atoms with Crippen molar-refractivity contribution in [2.24, 2.45) is 0 Å². The molecule has 0 atom stereocenters. The molecule has 1 aromatic heterocycles. The fourth-order valence-electron chi connectivity index (χ4n) is 1.25. The second-order valence-electron chi connectivity index (χ2n) is 3.37. The predicted octanol–water partition coefficient (Wildman–Crippen LogP) is 1.36. The number of aromatic nitrogens is 2. The van der Waals surface area contributed by atoms with Gasteiger partial charge in [-0.2, -0.15) is 0 Å². The predicted molar refractivity (Wildman–Crippen MR) is 52.2 cm³/mol. The van der Waals surface area contributed by atoms with E-state index in [0.717, 1.165) is 12.8 Å². The van der Waals surface area contributed by atoms with E-state index in [0.29, 0.717) is 11.7 Å². The van der Waals surface area contributed by atoms with Crippen molar-refractivity contribution in [1.82, 2.24) is 14.9 Å². The summed E-state index contributed by atoms with van der Waals surface area (Å²) >= 11 is 5.64. The first-order valence-corrected chi connectivity index (χ1v) is 4.81. The molecule has 0 unspecified atom stereocenters. The molecule has 1 heterocycles. The van der Waals surface area contributed by atoms with Gasteiger partial charge in [0.1, 0.15) is 10.8 Å². The highest BCUT2D eigenvalue weighted by Crippen LogP contribution is 2.26. The van der Waals surface area contributed by atoms with Gasteiger partial charge in [-0.3, -0.25) is 9.78 Å². The number of nitrogens with zero attached hydrogens (tertiary/aromatic N) is 3. The monoisotopic (exact) mass is 211 g/mol. The van der Waals surface area contributed by atoms with Crippen molar-refractivity contribution in [3.8, 4) is 0 Å². The number of rotatable bonds is 2. The summed E-state index contributed by atoms with van der Waals surface area (Å²) in [5.74, 6) is -0.109. The Hall–Kier alpha value is -1.16. The molecule has 0 N–H and O–H groups in total. The van der Waals surface area contributed by atoms with Gasteiger partial charge in [-0.25, -0.2) is 4.98 Å². The number of amides is 1. The van der Waals surface area contributed by atoms with Crippen molar-refractivity contribution in [1.29, 1.82) is 0 Å².